The minimum absolute atomic E-state index is 0.498. The number of hydrogen-bond donors (Lipinski definition) is 3. The van der Waals surface area contributed by atoms with Gasteiger partial charge in [0.1, 0.15) is 12.0 Å². The fourth-order valence-electron chi connectivity index (χ4n) is 0.984. The van der Waals surface area contributed by atoms with Crippen LogP contribution >= 0.6 is 0 Å². The number of benzene rings is 1. The number of aliphatic hydroxyl groups excluding tert-OH is 1. The predicted molar refractivity (Wildman–Crippen MR) is 46.6 cm³/mol. The van der Waals surface area contributed by atoms with E-state index in [4.69, 9.17) is 21.3 Å². The molecule has 0 amide bonds. The standard InChI is InChI=1S/C8H12N2O2/c1-12-7-3-2-5(9)4-6(7)8(10)11/h2-4,8,11H,9-10H2,1H3. The summed E-state index contributed by atoms with van der Waals surface area (Å²) in [7, 11) is 1.51. The van der Waals surface area contributed by atoms with Crippen molar-refractivity contribution in [2.75, 3.05) is 12.8 Å². The van der Waals surface area contributed by atoms with Crippen molar-refractivity contribution in [1.82, 2.24) is 0 Å². The van der Waals surface area contributed by atoms with E-state index in [1.165, 1.54) is 7.11 Å². The average Bonchev–Trinajstić information content (AvgIpc) is 2.04. The highest BCUT2D eigenvalue weighted by Gasteiger charge is 2.08. The Balaban J connectivity index is 3.12. The lowest BCUT2D eigenvalue weighted by molar-refractivity contribution is 0.181. The highest BCUT2D eigenvalue weighted by molar-refractivity contribution is 5.48. The van der Waals surface area contributed by atoms with Gasteiger partial charge in [-0.3, -0.25) is 0 Å². The van der Waals surface area contributed by atoms with Crippen molar-refractivity contribution >= 4 is 5.69 Å². The maximum atomic E-state index is 9.10. The van der Waals surface area contributed by atoms with Crippen LogP contribution in [0.4, 0.5) is 5.69 Å². The molecule has 66 valence electrons. The monoisotopic (exact) mass is 168 g/mol. The Hall–Kier alpha value is -1.26. The molecule has 0 spiro atoms. The average molecular weight is 168 g/mol. The quantitative estimate of drug-likeness (QED) is 0.436. The molecule has 4 heteroatoms. The lowest BCUT2D eigenvalue weighted by Crippen LogP contribution is -2.10. The topological polar surface area (TPSA) is 81.5 Å². The maximum absolute atomic E-state index is 9.10. The summed E-state index contributed by atoms with van der Waals surface area (Å²) in [6, 6.07) is 4.94. The fourth-order valence-corrected chi connectivity index (χ4v) is 0.984. The molecule has 1 rings (SSSR count). The second-order valence-corrected chi connectivity index (χ2v) is 2.45. The number of rotatable bonds is 2. The Bertz CT molecular complexity index is 274. The summed E-state index contributed by atoms with van der Waals surface area (Å²) in [5.41, 5.74) is 11.8. The molecule has 1 aromatic rings. The first-order chi connectivity index (χ1) is 5.65. The molecule has 0 aliphatic heterocycles. The highest BCUT2D eigenvalue weighted by atomic mass is 16.5. The Morgan fingerprint density at radius 2 is 2.17 bits per heavy atom. The minimum atomic E-state index is -1.05. The molecule has 1 aromatic carbocycles. The number of nitrogens with two attached hydrogens (primary N) is 2. The minimum Gasteiger partial charge on any atom is -0.496 e. The Labute approximate surface area is 70.7 Å². The molecule has 0 saturated carbocycles. The molecule has 0 aromatic heterocycles. The molecule has 1 unspecified atom stereocenters. The molecule has 12 heavy (non-hydrogen) atoms. The summed E-state index contributed by atoms with van der Waals surface area (Å²) in [6.45, 7) is 0. The van der Waals surface area contributed by atoms with E-state index in [-0.39, 0.29) is 0 Å². The van der Waals surface area contributed by atoms with Gasteiger partial charge in [0.05, 0.1) is 7.11 Å². The molecule has 0 saturated heterocycles. The van der Waals surface area contributed by atoms with E-state index in [0.29, 0.717) is 17.0 Å². The van der Waals surface area contributed by atoms with Gasteiger partial charge in [0.2, 0.25) is 0 Å². The summed E-state index contributed by atoms with van der Waals surface area (Å²) in [4.78, 5) is 0. The van der Waals surface area contributed by atoms with Crippen LogP contribution in [0.25, 0.3) is 0 Å². The largest absolute Gasteiger partial charge is 0.496 e. The van der Waals surface area contributed by atoms with Crippen LogP contribution < -0.4 is 16.2 Å². The van der Waals surface area contributed by atoms with Crippen molar-refractivity contribution < 1.29 is 9.84 Å². The lowest BCUT2D eigenvalue weighted by Gasteiger charge is -2.10. The van der Waals surface area contributed by atoms with Crippen LogP contribution in [0.5, 0.6) is 5.75 Å². The van der Waals surface area contributed by atoms with Gasteiger partial charge in [-0.25, -0.2) is 0 Å². The molecule has 0 bridgehead atoms. The van der Waals surface area contributed by atoms with Gasteiger partial charge in [-0.15, -0.1) is 0 Å². The van der Waals surface area contributed by atoms with Gasteiger partial charge in [-0.2, -0.15) is 0 Å². The smallest absolute Gasteiger partial charge is 0.132 e. The first kappa shape index (κ1) is 8.83. The van der Waals surface area contributed by atoms with E-state index in [2.05, 4.69) is 0 Å². The Morgan fingerprint density at radius 1 is 1.50 bits per heavy atom. The van der Waals surface area contributed by atoms with E-state index in [0.717, 1.165) is 0 Å². The summed E-state index contributed by atoms with van der Waals surface area (Å²) in [6.07, 6.45) is -1.05. The van der Waals surface area contributed by atoms with Gasteiger partial charge in [0, 0.05) is 11.3 Å². The first-order valence-electron chi connectivity index (χ1n) is 3.52. The molecule has 0 aliphatic rings. The third-order valence-electron chi connectivity index (χ3n) is 1.57. The van der Waals surface area contributed by atoms with Gasteiger partial charge in [0.25, 0.3) is 0 Å². The van der Waals surface area contributed by atoms with Gasteiger partial charge in [-0.1, -0.05) is 0 Å². The van der Waals surface area contributed by atoms with Crippen LogP contribution in [0, 0.1) is 0 Å². The van der Waals surface area contributed by atoms with Crippen LogP contribution in [-0.4, -0.2) is 12.2 Å². The van der Waals surface area contributed by atoms with Crippen molar-refractivity contribution in [2.45, 2.75) is 6.23 Å². The summed E-state index contributed by atoms with van der Waals surface area (Å²) >= 11 is 0. The molecule has 1 atom stereocenters. The van der Waals surface area contributed by atoms with E-state index < -0.39 is 6.23 Å². The highest BCUT2D eigenvalue weighted by Crippen LogP contribution is 2.24. The van der Waals surface area contributed by atoms with Crippen LogP contribution in [0.1, 0.15) is 11.8 Å². The number of methoxy groups -OCH3 is 1. The van der Waals surface area contributed by atoms with Crippen molar-refractivity contribution in [3.05, 3.63) is 23.8 Å². The van der Waals surface area contributed by atoms with Crippen LogP contribution in [-0.2, 0) is 0 Å². The van der Waals surface area contributed by atoms with E-state index >= 15 is 0 Å². The summed E-state index contributed by atoms with van der Waals surface area (Å²) in [5.74, 6) is 0.541. The summed E-state index contributed by atoms with van der Waals surface area (Å²) in [5, 5.41) is 9.10. The second-order valence-electron chi connectivity index (χ2n) is 2.45. The SMILES string of the molecule is COc1ccc(N)cc1C(N)O. The zero-order valence-electron chi connectivity index (χ0n) is 6.82. The molecular weight excluding hydrogens is 156 g/mol. The molecular formula is C8H12N2O2. The van der Waals surface area contributed by atoms with Crippen molar-refractivity contribution in [3.63, 3.8) is 0 Å². The molecule has 0 fully saturated rings. The van der Waals surface area contributed by atoms with E-state index in [9.17, 15) is 0 Å². The zero-order chi connectivity index (χ0) is 9.14. The van der Waals surface area contributed by atoms with E-state index in [1.807, 2.05) is 0 Å². The van der Waals surface area contributed by atoms with Gasteiger partial charge < -0.3 is 21.3 Å². The molecule has 0 radical (unpaired) electrons. The molecule has 0 aliphatic carbocycles. The number of nitrogen functional groups attached to an aromatic ring is 1. The Kier molecular flexibility index (Phi) is 2.52. The van der Waals surface area contributed by atoms with Crippen molar-refractivity contribution in [1.29, 1.82) is 0 Å². The molecule has 0 heterocycles. The van der Waals surface area contributed by atoms with Crippen LogP contribution in [0.3, 0.4) is 0 Å². The Morgan fingerprint density at radius 3 is 2.67 bits per heavy atom. The van der Waals surface area contributed by atoms with Crippen molar-refractivity contribution in [2.24, 2.45) is 5.73 Å². The number of aliphatic hydroxyl groups is 1. The van der Waals surface area contributed by atoms with Gasteiger partial charge >= 0.3 is 0 Å². The number of hydrogen-bond acceptors (Lipinski definition) is 4. The van der Waals surface area contributed by atoms with Gasteiger partial charge in [-0.05, 0) is 18.2 Å². The molecule has 5 N–H and O–H groups in total. The third kappa shape index (κ3) is 1.66. The van der Waals surface area contributed by atoms with Crippen LogP contribution in [0.2, 0.25) is 0 Å². The lowest BCUT2D eigenvalue weighted by atomic mass is 10.1. The molecule has 4 nitrogen and oxygen atoms in total. The fraction of sp³-hybridized carbons (Fsp3) is 0.250. The third-order valence-corrected chi connectivity index (χ3v) is 1.57. The van der Waals surface area contributed by atoms with Crippen molar-refractivity contribution in [3.8, 4) is 5.75 Å². The predicted octanol–water partition coefficient (Wildman–Crippen LogP) is 0.227. The normalized spacial score (nSPS) is 12.6. The number of anilines is 1. The van der Waals surface area contributed by atoms with E-state index in [1.54, 1.807) is 18.2 Å². The number of ether oxygens (including phenoxy) is 1. The van der Waals surface area contributed by atoms with Gasteiger partial charge in [0.15, 0.2) is 0 Å². The van der Waals surface area contributed by atoms with Crippen LogP contribution in [0.15, 0.2) is 18.2 Å². The zero-order valence-corrected chi connectivity index (χ0v) is 6.82. The maximum Gasteiger partial charge on any atom is 0.132 e. The second kappa shape index (κ2) is 3.42. The summed E-state index contributed by atoms with van der Waals surface area (Å²) < 4.78 is 4.97. The first-order valence-corrected chi connectivity index (χ1v) is 3.52.